The van der Waals surface area contributed by atoms with Crippen LogP contribution in [-0.4, -0.2) is 29.1 Å². The van der Waals surface area contributed by atoms with E-state index >= 15 is 0 Å². The molecule has 4 aromatic rings. The molecule has 0 bridgehead atoms. The second-order valence-corrected chi connectivity index (χ2v) is 8.04. The minimum atomic E-state index is -1.13. The molecule has 0 atom stereocenters. The largest absolute Gasteiger partial charge is 0.336 e. The summed E-state index contributed by atoms with van der Waals surface area (Å²) < 4.78 is 30.9. The Kier molecular flexibility index (Phi) is 5.59. The minimum absolute atomic E-state index is 0.00653. The molecule has 0 saturated heterocycles. The molecule has 0 amide bonds. The van der Waals surface area contributed by atoms with Gasteiger partial charge in [0.25, 0.3) is 5.56 Å². The van der Waals surface area contributed by atoms with Gasteiger partial charge in [0.15, 0.2) is 17.3 Å². The summed E-state index contributed by atoms with van der Waals surface area (Å²) in [5.41, 5.74) is -0.289. The van der Waals surface area contributed by atoms with Gasteiger partial charge in [0.05, 0.1) is 29.2 Å². The van der Waals surface area contributed by atoms with Gasteiger partial charge in [0, 0.05) is 18.3 Å². The maximum absolute atomic E-state index is 14.1. The summed E-state index contributed by atoms with van der Waals surface area (Å²) in [4.78, 5) is 31.2. The topological polar surface area (TPSA) is 111 Å². The highest BCUT2D eigenvalue weighted by Crippen LogP contribution is 2.22. The molecule has 0 saturated carbocycles. The van der Waals surface area contributed by atoms with E-state index in [2.05, 4.69) is 15.3 Å². The Labute approximate surface area is 186 Å². The van der Waals surface area contributed by atoms with Crippen LogP contribution in [0.5, 0.6) is 0 Å². The van der Waals surface area contributed by atoms with Crippen LogP contribution in [0.3, 0.4) is 0 Å². The Morgan fingerprint density at radius 1 is 1.12 bits per heavy atom. The molecule has 168 valence electrons. The zero-order valence-electron chi connectivity index (χ0n) is 18.1. The average molecular weight is 451 g/mol. The van der Waals surface area contributed by atoms with E-state index in [1.165, 1.54) is 10.8 Å². The highest BCUT2D eigenvalue weighted by Gasteiger charge is 2.25. The number of rotatable bonds is 5. The number of aryl methyl sites for hydroxylation is 1. The van der Waals surface area contributed by atoms with Crippen molar-refractivity contribution in [2.24, 2.45) is 5.92 Å². The molecule has 33 heavy (non-hydrogen) atoms. The number of fused-ring (bicyclic) bond motifs is 1. The van der Waals surface area contributed by atoms with Gasteiger partial charge in [-0.05, 0) is 30.9 Å². The Morgan fingerprint density at radius 2 is 1.85 bits per heavy atom. The lowest BCUT2D eigenvalue weighted by atomic mass is 10.1. The number of pyridine rings is 1. The summed E-state index contributed by atoms with van der Waals surface area (Å²) in [6.45, 7) is 5.19. The molecular formula is C22H19F2N7O2. The van der Waals surface area contributed by atoms with Gasteiger partial charge in [-0.2, -0.15) is 5.26 Å². The van der Waals surface area contributed by atoms with Crippen molar-refractivity contribution in [3.05, 3.63) is 74.3 Å². The molecule has 0 aliphatic rings. The molecule has 0 unspecified atom stereocenters. The fourth-order valence-electron chi connectivity index (χ4n) is 3.69. The van der Waals surface area contributed by atoms with Gasteiger partial charge < -0.3 is 0 Å². The first-order valence-corrected chi connectivity index (χ1v) is 10.1. The predicted molar refractivity (Wildman–Crippen MR) is 115 cm³/mol. The van der Waals surface area contributed by atoms with Crippen molar-refractivity contribution in [1.29, 1.82) is 5.26 Å². The number of aromatic nitrogens is 6. The van der Waals surface area contributed by atoms with Crippen LogP contribution < -0.4 is 11.2 Å². The van der Waals surface area contributed by atoms with Gasteiger partial charge in [-0.15, -0.1) is 5.10 Å². The number of nitriles is 1. The SMILES string of the molecule is Cc1cncc(-n2c(=O)c(-n3nnc4cc(F)c(F)cc43)c(CC(C)C)n(CC#N)c2=O)c1. The lowest BCUT2D eigenvalue weighted by molar-refractivity contribution is 0.510. The molecule has 9 nitrogen and oxygen atoms in total. The molecule has 0 spiro atoms. The van der Waals surface area contributed by atoms with Crippen molar-refractivity contribution in [2.75, 3.05) is 0 Å². The first kappa shape index (κ1) is 22.0. The van der Waals surface area contributed by atoms with Gasteiger partial charge in [0.2, 0.25) is 0 Å². The van der Waals surface area contributed by atoms with Gasteiger partial charge in [0.1, 0.15) is 12.1 Å². The van der Waals surface area contributed by atoms with E-state index in [4.69, 9.17) is 0 Å². The first-order chi connectivity index (χ1) is 15.7. The second-order valence-electron chi connectivity index (χ2n) is 8.04. The molecule has 3 aromatic heterocycles. The Morgan fingerprint density at radius 3 is 2.52 bits per heavy atom. The van der Waals surface area contributed by atoms with Crippen LogP contribution in [0.15, 0.2) is 40.2 Å². The predicted octanol–water partition coefficient (Wildman–Crippen LogP) is 2.44. The van der Waals surface area contributed by atoms with E-state index in [-0.39, 0.29) is 47.0 Å². The van der Waals surface area contributed by atoms with Crippen molar-refractivity contribution in [2.45, 2.75) is 33.7 Å². The van der Waals surface area contributed by atoms with E-state index in [0.29, 0.717) is 5.56 Å². The second kappa shape index (κ2) is 8.38. The zero-order chi connectivity index (χ0) is 23.9. The number of halogens is 2. The van der Waals surface area contributed by atoms with Crippen LogP contribution in [0, 0.1) is 35.8 Å². The fraction of sp³-hybridized carbons (Fsp3) is 0.273. The number of benzene rings is 1. The lowest BCUT2D eigenvalue weighted by Gasteiger charge is -2.19. The molecule has 0 radical (unpaired) electrons. The maximum Gasteiger partial charge on any atom is 0.336 e. The van der Waals surface area contributed by atoms with Gasteiger partial charge in [-0.3, -0.25) is 14.3 Å². The highest BCUT2D eigenvalue weighted by atomic mass is 19.2. The summed E-state index contributed by atoms with van der Waals surface area (Å²) in [7, 11) is 0. The molecule has 0 fully saturated rings. The molecule has 1 aromatic carbocycles. The Bertz CT molecular complexity index is 1540. The van der Waals surface area contributed by atoms with Crippen molar-refractivity contribution in [3.8, 4) is 17.4 Å². The van der Waals surface area contributed by atoms with Crippen LogP contribution in [0.1, 0.15) is 25.1 Å². The minimum Gasteiger partial charge on any atom is -0.281 e. The van der Waals surface area contributed by atoms with Crippen molar-refractivity contribution < 1.29 is 8.78 Å². The van der Waals surface area contributed by atoms with Gasteiger partial charge in [-0.1, -0.05) is 19.1 Å². The maximum atomic E-state index is 14.1. The normalized spacial score (nSPS) is 11.3. The zero-order valence-corrected chi connectivity index (χ0v) is 18.1. The quantitative estimate of drug-likeness (QED) is 0.461. The highest BCUT2D eigenvalue weighted by molar-refractivity contribution is 5.76. The van der Waals surface area contributed by atoms with E-state index in [0.717, 1.165) is 21.4 Å². The summed E-state index contributed by atoms with van der Waals surface area (Å²) in [6, 6.07) is 5.33. The van der Waals surface area contributed by atoms with Crippen molar-refractivity contribution in [1.82, 2.24) is 29.1 Å². The summed E-state index contributed by atoms with van der Waals surface area (Å²) >= 11 is 0. The lowest BCUT2D eigenvalue weighted by Crippen LogP contribution is -2.43. The third-order valence-corrected chi connectivity index (χ3v) is 5.08. The monoisotopic (exact) mass is 451 g/mol. The van der Waals surface area contributed by atoms with Gasteiger partial charge in [-0.25, -0.2) is 22.8 Å². The van der Waals surface area contributed by atoms with Crippen LogP contribution in [0.2, 0.25) is 0 Å². The third kappa shape index (κ3) is 3.80. The number of hydrogen-bond acceptors (Lipinski definition) is 6. The summed E-state index contributed by atoms with van der Waals surface area (Å²) in [5, 5.41) is 17.2. The molecule has 0 aliphatic heterocycles. The summed E-state index contributed by atoms with van der Waals surface area (Å²) in [6.07, 6.45) is 3.17. The fourth-order valence-corrected chi connectivity index (χ4v) is 3.69. The van der Waals surface area contributed by atoms with E-state index in [1.807, 2.05) is 19.9 Å². The molecule has 11 heteroatoms. The van der Waals surface area contributed by atoms with Gasteiger partial charge >= 0.3 is 5.69 Å². The average Bonchev–Trinajstić information content (AvgIpc) is 3.13. The Balaban J connectivity index is 2.18. The van der Waals surface area contributed by atoms with Crippen molar-refractivity contribution >= 4 is 11.0 Å². The van der Waals surface area contributed by atoms with Crippen LogP contribution >= 0.6 is 0 Å². The standard InChI is InChI=1S/C22H19F2N7O2/c1-12(2)6-19-20(31-18-9-16(24)15(23)8-17(18)27-28-31)21(32)30(22(33)29(19)5-4-25)14-7-13(3)10-26-11-14/h7-12H,5-6H2,1-3H3. The van der Waals surface area contributed by atoms with Crippen molar-refractivity contribution in [3.63, 3.8) is 0 Å². The molecule has 4 rings (SSSR count). The number of hydrogen-bond donors (Lipinski definition) is 0. The third-order valence-electron chi connectivity index (χ3n) is 5.08. The van der Waals surface area contributed by atoms with E-state index in [1.54, 1.807) is 19.2 Å². The van der Waals surface area contributed by atoms with E-state index in [9.17, 15) is 23.6 Å². The van der Waals surface area contributed by atoms with Crippen LogP contribution in [0.25, 0.3) is 22.4 Å². The Hall–Kier alpha value is -4.20. The molecular weight excluding hydrogens is 432 g/mol. The van der Waals surface area contributed by atoms with Crippen LogP contribution in [0.4, 0.5) is 8.78 Å². The molecule has 0 N–H and O–H groups in total. The number of nitrogens with zero attached hydrogens (tertiary/aromatic N) is 7. The first-order valence-electron chi connectivity index (χ1n) is 10.1. The van der Waals surface area contributed by atoms with Crippen LogP contribution in [-0.2, 0) is 13.0 Å². The smallest absolute Gasteiger partial charge is 0.281 e. The summed E-state index contributed by atoms with van der Waals surface area (Å²) in [5.74, 6) is -2.24. The molecule has 0 aliphatic carbocycles. The molecule has 3 heterocycles. The van der Waals surface area contributed by atoms with E-state index < -0.39 is 22.9 Å².